The van der Waals surface area contributed by atoms with Gasteiger partial charge in [-0.2, -0.15) is 0 Å². The summed E-state index contributed by atoms with van der Waals surface area (Å²) in [5.41, 5.74) is 2.19. The summed E-state index contributed by atoms with van der Waals surface area (Å²) in [6.07, 6.45) is 1.32. The first-order chi connectivity index (χ1) is 18.9. The second kappa shape index (κ2) is 11.8. The van der Waals surface area contributed by atoms with E-state index in [4.69, 9.17) is 32.8 Å². The molecule has 1 atom stereocenters. The maximum Gasteiger partial charge on any atom is 0.306 e. The van der Waals surface area contributed by atoms with E-state index >= 15 is 0 Å². The zero-order valence-electron chi connectivity index (χ0n) is 22.7. The fraction of sp³-hybridized carbons (Fsp3) is 0.267. The van der Waals surface area contributed by atoms with E-state index in [2.05, 4.69) is 0 Å². The molecule has 0 aliphatic carbocycles. The lowest BCUT2D eigenvalue weighted by atomic mass is 9.85. The number of fused-ring (bicyclic) bond motifs is 1. The minimum atomic E-state index is -0.694. The van der Waals surface area contributed by atoms with Gasteiger partial charge in [0.05, 0.1) is 60.0 Å². The number of carbonyl (C=O) groups excluding carboxylic acids is 1. The zero-order valence-corrected chi connectivity index (χ0v) is 22.7. The number of carbonyl (C=O) groups is 1. The quantitative estimate of drug-likeness (QED) is 0.254. The van der Waals surface area contributed by atoms with Crippen molar-refractivity contribution >= 4 is 16.9 Å². The molecule has 1 aromatic heterocycles. The molecule has 0 bridgehead atoms. The van der Waals surface area contributed by atoms with Crippen molar-refractivity contribution in [3.63, 3.8) is 0 Å². The van der Waals surface area contributed by atoms with Crippen molar-refractivity contribution in [3.8, 4) is 39.9 Å². The van der Waals surface area contributed by atoms with Gasteiger partial charge in [0, 0.05) is 23.1 Å². The molecule has 0 amide bonds. The monoisotopic (exact) mass is 534 g/mol. The van der Waals surface area contributed by atoms with E-state index in [1.54, 1.807) is 55.6 Å². The van der Waals surface area contributed by atoms with Gasteiger partial charge in [0.2, 0.25) is 5.43 Å². The highest BCUT2D eigenvalue weighted by Gasteiger charge is 2.30. The molecule has 39 heavy (non-hydrogen) atoms. The van der Waals surface area contributed by atoms with E-state index in [9.17, 15) is 9.59 Å². The van der Waals surface area contributed by atoms with Gasteiger partial charge in [-0.3, -0.25) is 9.59 Å². The van der Waals surface area contributed by atoms with Gasteiger partial charge in [-0.15, -0.1) is 0 Å². The molecule has 0 aliphatic heterocycles. The van der Waals surface area contributed by atoms with Crippen LogP contribution in [0, 0.1) is 0 Å². The van der Waals surface area contributed by atoms with Crippen LogP contribution in [0.2, 0.25) is 0 Å². The normalized spacial score (nSPS) is 11.5. The standard InChI is InChI=1S/C30H30O9/c1-33-18-9-7-17(8-10-18)22-16-39-30-19(29(22)32)11-12-23(34-2)28(30)21(14-27(31)38-6)20-13-25(36-4)26(37-5)15-24(20)35-3/h7-13,15-16,21H,14H2,1-6H3/t21-/m1/s1. The molecule has 4 aromatic rings. The third-order valence-corrected chi connectivity index (χ3v) is 6.62. The predicted molar refractivity (Wildman–Crippen MR) is 146 cm³/mol. The Labute approximate surface area is 225 Å². The maximum atomic E-state index is 13.7. The third-order valence-electron chi connectivity index (χ3n) is 6.62. The highest BCUT2D eigenvalue weighted by Crippen LogP contribution is 2.46. The molecule has 0 unspecified atom stereocenters. The fourth-order valence-electron chi connectivity index (χ4n) is 4.62. The van der Waals surface area contributed by atoms with Gasteiger partial charge in [0.1, 0.15) is 29.1 Å². The average molecular weight is 535 g/mol. The lowest BCUT2D eigenvalue weighted by Gasteiger charge is -2.24. The Morgan fingerprint density at radius 1 is 0.769 bits per heavy atom. The smallest absolute Gasteiger partial charge is 0.306 e. The van der Waals surface area contributed by atoms with Gasteiger partial charge >= 0.3 is 5.97 Å². The number of benzene rings is 3. The number of rotatable bonds is 10. The molecule has 0 saturated carbocycles. The minimum Gasteiger partial charge on any atom is -0.497 e. The molecule has 9 nitrogen and oxygen atoms in total. The van der Waals surface area contributed by atoms with Crippen molar-refractivity contribution in [1.82, 2.24) is 0 Å². The molecule has 0 radical (unpaired) electrons. The number of ether oxygens (including phenoxy) is 6. The van der Waals surface area contributed by atoms with Crippen LogP contribution in [0.4, 0.5) is 0 Å². The van der Waals surface area contributed by atoms with Crippen LogP contribution in [0.25, 0.3) is 22.1 Å². The van der Waals surface area contributed by atoms with Crippen LogP contribution in [0.5, 0.6) is 28.7 Å². The Bertz CT molecular complexity index is 1540. The van der Waals surface area contributed by atoms with Gasteiger partial charge in [-0.1, -0.05) is 12.1 Å². The fourth-order valence-corrected chi connectivity index (χ4v) is 4.62. The summed E-state index contributed by atoms with van der Waals surface area (Å²) in [5, 5.41) is 0.327. The molecular weight excluding hydrogens is 504 g/mol. The average Bonchev–Trinajstić information content (AvgIpc) is 2.98. The summed E-state index contributed by atoms with van der Waals surface area (Å²) in [7, 11) is 8.95. The van der Waals surface area contributed by atoms with Gasteiger partial charge in [-0.05, 0) is 35.9 Å². The SMILES string of the molecule is COC(=O)C[C@H](c1cc(OC)c(OC)cc1OC)c1c(OC)ccc2c(=O)c(-c3ccc(OC)cc3)coc12. The van der Waals surface area contributed by atoms with Crippen molar-refractivity contribution in [1.29, 1.82) is 0 Å². The molecule has 204 valence electrons. The molecular formula is C30H30O9. The van der Waals surface area contributed by atoms with E-state index < -0.39 is 11.9 Å². The van der Waals surface area contributed by atoms with Gasteiger partial charge in [0.15, 0.2) is 11.5 Å². The maximum absolute atomic E-state index is 13.7. The Kier molecular flexibility index (Phi) is 8.29. The molecule has 0 fully saturated rings. The Balaban J connectivity index is 2.00. The second-order valence-corrected chi connectivity index (χ2v) is 8.55. The molecule has 0 aliphatic rings. The summed E-state index contributed by atoms with van der Waals surface area (Å²) < 4.78 is 38.7. The molecule has 4 rings (SSSR count). The van der Waals surface area contributed by atoms with Crippen LogP contribution in [0.1, 0.15) is 23.5 Å². The van der Waals surface area contributed by atoms with Gasteiger partial charge in [0.25, 0.3) is 0 Å². The largest absolute Gasteiger partial charge is 0.497 e. The van der Waals surface area contributed by atoms with E-state index in [1.807, 2.05) is 0 Å². The van der Waals surface area contributed by atoms with E-state index in [0.29, 0.717) is 56.4 Å². The summed E-state index contributed by atoms with van der Waals surface area (Å²) in [6.45, 7) is 0. The first-order valence-corrected chi connectivity index (χ1v) is 12.0. The van der Waals surface area contributed by atoms with Crippen molar-refractivity contribution in [3.05, 3.63) is 76.1 Å². The van der Waals surface area contributed by atoms with Crippen molar-refractivity contribution in [2.45, 2.75) is 12.3 Å². The van der Waals surface area contributed by atoms with Crippen molar-refractivity contribution < 1.29 is 37.6 Å². The van der Waals surface area contributed by atoms with Crippen LogP contribution >= 0.6 is 0 Å². The van der Waals surface area contributed by atoms with Crippen LogP contribution in [0.3, 0.4) is 0 Å². The molecule has 0 spiro atoms. The van der Waals surface area contributed by atoms with Gasteiger partial charge in [-0.25, -0.2) is 0 Å². The van der Waals surface area contributed by atoms with Crippen LogP contribution < -0.4 is 29.1 Å². The van der Waals surface area contributed by atoms with E-state index in [-0.39, 0.29) is 17.4 Å². The Morgan fingerprint density at radius 2 is 1.41 bits per heavy atom. The molecule has 1 heterocycles. The number of hydrogen-bond acceptors (Lipinski definition) is 9. The van der Waals surface area contributed by atoms with Gasteiger partial charge < -0.3 is 32.8 Å². The summed E-state index contributed by atoms with van der Waals surface area (Å²) in [5.74, 6) is 1.26. The van der Waals surface area contributed by atoms with Crippen molar-refractivity contribution in [2.75, 3.05) is 42.7 Å². The summed E-state index contributed by atoms with van der Waals surface area (Å²) in [4.78, 5) is 26.4. The lowest BCUT2D eigenvalue weighted by Crippen LogP contribution is -2.14. The van der Waals surface area contributed by atoms with Crippen LogP contribution in [0.15, 0.2) is 64.0 Å². The minimum absolute atomic E-state index is 0.0955. The number of hydrogen-bond donors (Lipinski definition) is 0. The Morgan fingerprint density at radius 3 is 2.00 bits per heavy atom. The number of esters is 1. The highest BCUT2D eigenvalue weighted by molar-refractivity contribution is 5.88. The topological polar surface area (TPSA) is 103 Å². The van der Waals surface area contributed by atoms with Crippen LogP contribution in [-0.4, -0.2) is 48.6 Å². The Hall–Kier alpha value is -4.66. The molecule has 0 saturated heterocycles. The summed E-state index contributed by atoms with van der Waals surface area (Å²) >= 11 is 0. The lowest BCUT2D eigenvalue weighted by molar-refractivity contribution is -0.140. The van der Waals surface area contributed by atoms with E-state index in [0.717, 1.165) is 0 Å². The highest BCUT2D eigenvalue weighted by atomic mass is 16.5. The predicted octanol–water partition coefficient (Wildman–Crippen LogP) is 5.20. The molecule has 0 N–H and O–H groups in total. The van der Waals surface area contributed by atoms with Crippen molar-refractivity contribution in [2.24, 2.45) is 0 Å². The molecule has 3 aromatic carbocycles. The van der Waals surface area contributed by atoms with Crippen LogP contribution in [-0.2, 0) is 9.53 Å². The first-order valence-electron chi connectivity index (χ1n) is 12.0. The molecule has 9 heteroatoms. The third kappa shape index (κ3) is 5.20. The first kappa shape index (κ1) is 27.4. The van der Waals surface area contributed by atoms with E-state index in [1.165, 1.54) is 41.8 Å². The number of methoxy groups -OCH3 is 6. The zero-order chi connectivity index (χ0) is 28.1. The summed E-state index contributed by atoms with van der Waals surface area (Å²) in [6, 6.07) is 13.9. The second-order valence-electron chi connectivity index (χ2n) is 8.55.